The smallest absolute Gasteiger partial charge is 0.190 e. The molecule has 0 saturated heterocycles. The van der Waals surface area contributed by atoms with Crippen molar-refractivity contribution in [2.75, 3.05) is 0 Å². The number of carbonyl (C=O) groups excluding carboxylic acids is 2. The van der Waals surface area contributed by atoms with Crippen molar-refractivity contribution in [3.63, 3.8) is 0 Å². The molecule has 0 aliphatic heterocycles. The van der Waals surface area contributed by atoms with Gasteiger partial charge in [-0.1, -0.05) is 49.2 Å². The fourth-order valence-electron chi connectivity index (χ4n) is 1.94. The highest BCUT2D eigenvalue weighted by molar-refractivity contribution is 8.13. The van der Waals surface area contributed by atoms with Gasteiger partial charge in [0.25, 0.3) is 0 Å². The third kappa shape index (κ3) is 2.89. The Kier molecular flexibility index (Phi) is 4.20. The Hall–Kier alpha value is -2.13. The lowest BCUT2D eigenvalue weighted by atomic mass is 10.00. The van der Waals surface area contributed by atoms with Gasteiger partial charge < -0.3 is 0 Å². The van der Waals surface area contributed by atoms with Gasteiger partial charge >= 0.3 is 0 Å². The van der Waals surface area contributed by atoms with Crippen molar-refractivity contribution in [3.05, 3.63) is 61.2 Å². The molecule has 0 bridgehead atoms. The van der Waals surface area contributed by atoms with Gasteiger partial charge in [0.1, 0.15) is 0 Å². The summed E-state index contributed by atoms with van der Waals surface area (Å²) >= 11 is 1.19. The minimum atomic E-state index is -0.193. The Balaban J connectivity index is 2.56. The van der Waals surface area contributed by atoms with Crippen LogP contribution in [-0.2, 0) is 9.59 Å². The highest BCUT2D eigenvalue weighted by atomic mass is 32.2. The van der Waals surface area contributed by atoms with E-state index in [2.05, 4.69) is 13.2 Å². The molecule has 2 aromatic carbocycles. The van der Waals surface area contributed by atoms with Gasteiger partial charge in [-0.15, -0.1) is 0 Å². The van der Waals surface area contributed by atoms with Crippen molar-refractivity contribution in [1.29, 1.82) is 0 Å². The van der Waals surface area contributed by atoms with Crippen LogP contribution < -0.4 is 0 Å². The Labute approximate surface area is 122 Å². The number of thioether (sulfide) groups is 1. The molecule has 0 saturated carbocycles. The normalized spacial score (nSPS) is 10.2. The SMILES string of the molecule is C=CC(=O)C(=C)c1ccc2cccc(SC(C)=O)c2c1. The molecular weight excluding hydrogens is 268 g/mol. The van der Waals surface area contributed by atoms with Crippen molar-refractivity contribution in [2.24, 2.45) is 0 Å². The quantitative estimate of drug-likeness (QED) is 0.621. The summed E-state index contributed by atoms with van der Waals surface area (Å²) < 4.78 is 0. The second-order valence-corrected chi connectivity index (χ2v) is 5.55. The first kappa shape index (κ1) is 14.3. The maximum atomic E-state index is 11.6. The van der Waals surface area contributed by atoms with Crippen molar-refractivity contribution in [2.45, 2.75) is 11.8 Å². The number of ketones is 1. The van der Waals surface area contributed by atoms with Gasteiger partial charge in [0.05, 0.1) is 0 Å². The summed E-state index contributed by atoms with van der Waals surface area (Å²) in [4.78, 5) is 23.8. The molecule has 2 rings (SSSR count). The van der Waals surface area contributed by atoms with E-state index in [1.165, 1.54) is 24.8 Å². The Morgan fingerprint density at radius 3 is 2.60 bits per heavy atom. The van der Waals surface area contributed by atoms with Crippen LogP contribution in [0.2, 0.25) is 0 Å². The Morgan fingerprint density at radius 2 is 1.95 bits per heavy atom. The van der Waals surface area contributed by atoms with Crippen LogP contribution in [0.3, 0.4) is 0 Å². The van der Waals surface area contributed by atoms with Crippen LogP contribution >= 0.6 is 11.8 Å². The molecule has 0 aliphatic carbocycles. The van der Waals surface area contributed by atoms with Crippen molar-refractivity contribution < 1.29 is 9.59 Å². The van der Waals surface area contributed by atoms with Gasteiger partial charge in [-0.05, 0) is 34.5 Å². The highest BCUT2D eigenvalue weighted by Crippen LogP contribution is 2.30. The van der Waals surface area contributed by atoms with E-state index in [1.807, 2.05) is 36.4 Å². The number of carbonyl (C=O) groups is 2. The van der Waals surface area contributed by atoms with Crippen LogP contribution in [0.4, 0.5) is 0 Å². The predicted octanol–water partition coefficient (Wildman–Crippen LogP) is 4.25. The molecule has 0 radical (unpaired) electrons. The highest BCUT2D eigenvalue weighted by Gasteiger charge is 2.09. The number of allylic oxidation sites excluding steroid dienone is 2. The monoisotopic (exact) mass is 282 g/mol. The predicted molar refractivity (Wildman–Crippen MR) is 84.7 cm³/mol. The summed E-state index contributed by atoms with van der Waals surface area (Å²) in [6.07, 6.45) is 1.25. The van der Waals surface area contributed by atoms with Crippen molar-refractivity contribution in [1.82, 2.24) is 0 Å². The Bertz CT molecular complexity index is 729. The number of fused-ring (bicyclic) bond motifs is 1. The molecule has 2 nitrogen and oxygen atoms in total. The number of hydrogen-bond donors (Lipinski definition) is 0. The molecule has 2 aromatic rings. The second kappa shape index (κ2) is 5.88. The largest absolute Gasteiger partial charge is 0.289 e. The van der Waals surface area contributed by atoms with Gasteiger partial charge in [-0.25, -0.2) is 0 Å². The van der Waals surface area contributed by atoms with E-state index in [4.69, 9.17) is 0 Å². The molecule has 100 valence electrons. The van der Waals surface area contributed by atoms with Gasteiger partial charge in [0, 0.05) is 17.4 Å². The number of rotatable bonds is 4. The number of benzene rings is 2. The molecule has 0 unspecified atom stereocenters. The van der Waals surface area contributed by atoms with Gasteiger partial charge in [0.2, 0.25) is 0 Å². The lowest BCUT2D eigenvalue weighted by Gasteiger charge is -2.08. The standard InChI is InChI=1S/C17H14O2S/c1-4-16(19)11(2)14-9-8-13-6-5-7-17(15(13)10-14)20-12(3)18/h4-10H,1-2H2,3H3. The Morgan fingerprint density at radius 1 is 1.20 bits per heavy atom. The van der Waals surface area contributed by atoms with Crippen LogP contribution in [0.1, 0.15) is 12.5 Å². The fourth-order valence-corrected chi connectivity index (χ4v) is 2.68. The third-order valence-corrected chi connectivity index (χ3v) is 3.79. The van der Waals surface area contributed by atoms with Crippen LogP contribution in [0.25, 0.3) is 16.3 Å². The zero-order valence-electron chi connectivity index (χ0n) is 11.2. The molecule has 0 N–H and O–H groups in total. The molecule has 0 aromatic heterocycles. The van der Waals surface area contributed by atoms with E-state index in [-0.39, 0.29) is 10.9 Å². The summed E-state index contributed by atoms with van der Waals surface area (Å²) in [6.45, 7) is 8.80. The third-order valence-electron chi connectivity index (χ3n) is 2.93. The maximum absolute atomic E-state index is 11.6. The maximum Gasteiger partial charge on any atom is 0.190 e. The molecule has 3 heteroatoms. The minimum absolute atomic E-state index is 0.0314. The molecule has 0 spiro atoms. The van der Waals surface area contributed by atoms with Crippen LogP contribution in [-0.4, -0.2) is 10.9 Å². The first-order valence-electron chi connectivity index (χ1n) is 6.10. The fraction of sp³-hybridized carbons (Fsp3) is 0.0588. The molecule has 0 aliphatic rings. The van der Waals surface area contributed by atoms with E-state index in [0.29, 0.717) is 5.57 Å². The van der Waals surface area contributed by atoms with Crippen LogP contribution in [0, 0.1) is 0 Å². The average molecular weight is 282 g/mol. The van der Waals surface area contributed by atoms with Gasteiger partial charge in [-0.3, -0.25) is 9.59 Å². The summed E-state index contributed by atoms with van der Waals surface area (Å²) in [6, 6.07) is 11.5. The summed E-state index contributed by atoms with van der Waals surface area (Å²) in [5.74, 6) is -0.193. The zero-order chi connectivity index (χ0) is 14.7. The first-order valence-corrected chi connectivity index (χ1v) is 6.92. The second-order valence-electron chi connectivity index (χ2n) is 4.33. The average Bonchev–Trinajstić information content (AvgIpc) is 2.45. The lowest BCUT2D eigenvalue weighted by Crippen LogP contribution is -1.96. The van der Waals surface area contributed by atoms with Crippen LogP contribution in [0.5, 0.6) is 0 Å². The van der Waals surface area contributed by atoms with E-state index >= 15 is 0 Å². The molecular formula is C17H14O2S. The summed E-state index contributed by atoms with van der Waals surface area (Å²) in [5.41, 5.74) is 1.16. The molecule has 0 amide bonds. The minimum Gasteiger partial charge on any atom is -0.289 e. The van der Waals surface area contributed by atoms with E-state index < -0.39 is 0 Å². The van der Waals surface area contributed by atoms with E-state index in [1.54, 1.807) is 0 Å². The zero-order valence-corrected chi connectivity index (χ0v) is 12.0. The van der Waals surface area contributed by atoms with Gasteiger partial charge in [0.15, 0.2) is 10.9 Å². The van der Waals surface area contributed by atoms with Crippen molar-refractivity contribution >= 4 is 39.0 Å². The molecule has 0 fully saturated rings. The molecule has 0 heterocycles. The van der Waals surface area contributed by atoms with Crippen LogP contribution in [0.15, 0.2) is 60.5 Å². The summed E-state index contributed by atoms with van der Waals surface area (Å²) in [7, 11) is 0. The molecule has 0 atom stereocenters. The lowest BCUT2D eigenvalue weighted by molar-refractivity contribution is -0.110. The van der Waals surface area contributed by atoms with Crippen molar-refractivity contribution in [3.8, 4) is 0 Å². The molecule has 20 heavy (non-hydrogen) atoms. The first-order chi connectivity index (χ1) is 9.52. The van der Waals surface area contributed by atoms with Gasteiger partial charge in [-0.2, -0.15) is 0 Å². The number of hydrogen-bond acceptors (Lipinski definition) is 3. The summed E-state index contributed by atoms with van der Waals surface area (Å²) in [5, 5.41) is 2.01. The topological polar surface area (TPSA) is 34.1 Å². The van der Waals surface area contributed by atoms with E-state index in [0.717, 1.165) is 21.2 Å². The van der Waals surface area contributed by atoms with E-state index in [9.17, 15) is 9.59 Å².